The SMILES string of the molecule is CC(C)(C)C1=NOC(C)(C(=O)O/N=C/c2cccc(Cl)c2)C1. The molecule has 0 amide bonds. The van der Waals surface area contributed by atoms with Gasteiger partial charge in [0.15, 0.2) is 0 Å². The lowest BCUT2D eigenvalue weighted by Gasteiger charge is -2.20. The van der Waals surface area contributed by atoms with Crippen molar-refractivity contribution in [2.45, 2.75) is 39.7 Å². The van der Waals surface area contributed by atoms with Crippen LogP contribution in [-0.4, -0.2) is 23.5 Å². The van der Waals surface area contributed by atoms with E-state index in [2.05, 4.69) is 10.3 Å². The van der Waals surface area contributed by atoms with Crippen LogP contribution in [0, 0.1) is 5.41 Å². The number of carbonyl (C=O) groups excluding carboxylic acids is 1. The normalized spacial score (nSPS) is 21.6. The van der Waals surface area contributed by atoms with Crippen molar-refractivity contribution < 1.29 is 14.5 Å². The van der Waals surface area contributed by atoms with E-state index in [1.54, 1.807) is 31.2 Å². The molecule has 2 rings (SSSR count). The molecule has 1 aromatic rings. The monoisotopic (exact) mass is 322 g/mol. The van der Waals surface area contributed by atoms with Gasteiger partial charge in [0.25, 0.3) is 0 Å². The third kappa shape index (κ3) is 3.85. The quantitative estimate of drug-likeness (QED) is 0.483. The van der Waals surface area contributed by atoms with Crippen LogP contribution in [0.3, 0.4) is 0 Å². The lowest BCUT2D eigenvalue weighted by Crippen LogP contribution is -2.37. The van der Waals surface area contributed by atoms with Crippen molar-refractivity contribution in [1.29, 1.82) is 0 Å². The Morgan fingerprint density at radius 2 is 2.23 bits per heavy atom. The zero-order valence-corrected chi connectivity index (χ0v) is 13.8. The summed E-state index contributed by atoms with van der Waals surface area (Å²) in [6.07, 6.45) is 1.82. The lowest BCUT2D eigenvalue weighted by atomic mass is 9.84. The minimum atomic E-state index is -1.13. The Morgan fingerprint density at radius 1 is 1.50 bits per heavy atom. The average molecular weight is 323 g/mol. The average Bonchev–Trinajstić information content (AvgIpc) is 2.83. The predicted molar refractivity (Wildman–Crippen MR) is 86.1 cm³/mol. The first-order chi connectivity index (χ1) is 10.2. The van der Waals surface area contributed by atoms with Gasteiger partial charge in [-0.2, -0.15) is 0 Å². The number of hydrogen-bond acceptors (Lipinski definition) is 5. The smallest absolute Gasteiger partial charge is 0.377 e. The van der Waals surface area contributed by atoms with E-state index in [9.17, 15) is 4.79 Å². The summed E-state index contributed by atoms with van der Waals surface area (Å²) in [6, 6.07) is 7.06. The summed E-state index contributed by atoms with van der Waals surface area (Å²) in [6.45, 7) is 7.70. The van der Waals surface area contributed by atoms with Gasteiger partial charge >= 0.3 is 5.97 Å². The van der Waals surface area contributed by atoms with Gasteiger partial charge in [0, 0.05) is 16.9 Å². The van der Waals surface area contributed by atoms with E-state index in [0.717, 1.165) is 11.3 Å². The Bertz CT molecular complexity index is 635. The highest BCUT2D eigenvalue weighted by Crippen LogP contribution is 2.32. The minimum Gasteiger partial charge on any atom is -0.377 e. The maximum Gasteiger partial charge on any atom is 0.381 e. The first kappa shape index (κ1) is 16.5. The molecule has 0 saturated carbocycles. The Labute approximate surface area is 134 Å². The van der Waals surface area contributed by atoms with E-state index < -0.39 is 11.6 Å². The second-order valence-electron chi connectivity index (χ2n) is 6.46. The fourth-order valence-electron chi connectivity index (χ4n) is 1.87. The summed E-state index contributed by atoms with van der Waals surface area (Å²) in [5.74, 6) is -0.575. The number of halogens is 1. The summed E-state index contributed by atoms with van der Waals surface area (Å²) in [7, 11) is 0. The van der Waals surface area contributed by atoms with Crippen molar-refractivity contribution in [3.63, 3.8) is 0 Å². The molecular weight excluding hydrogens is 304 g/mol. The molecule has 0 radical (unpaired) electrons. The van der Waals surface area contributed by atoms with Gasteiger partial charge in [0.05, 0.1) is 11.9 Å². The van der Waals surface area contributed by atoms with Crippen LogP contribution in [0.5, 0.6) is 0 Å². The standard InChI is InChI=1S/C16H19ClN2O3/c1-15(2,3)13-9-16(4,22-19-13)14(20)21-18-10-11-6-5-7-12(17)8-11/h5-8,10H,9H2,1-4H3/b18-10+. The van der Waals surface area contributed by atoms with Crippen molar-refractivity contribution >= 4 is 29.5 Å². The molecule has 0 spiro atoms. The maximum atomic E-state index is 12.1. The second-order valence-corrected chi connectivity index (χ2v) is 6.89. The van der Waals surface area contributed by atoms with Crippen molar-refractivity contribution in [3.8, 4) is 0 Å². The highest BCUT2D eigenvalue weighted by Gasteiger charge is 2.46. The molecule has 0 fully saturated rings. The van der Waals surface area contributed by atoms with Crippen LogP contribution in [0.25, 0.3) is 0 Å². The van der Waals surface area contributed by atoms with Gasteiger partial charge < -0.3 is 9.68 Å². The van der Waals surface area contributed by atoms with Gasteiger partial charge in [-0.15, -0.1) is 0 Å². The molecule has 0 aliphatic carbocycles. The molecule has 0 saturated heterocycles. The predicted octanol–water partition coefficient (Wildman–Crippen LogP) is 3.80. The topological polar surface area (TPSA) is 60.2 Å². The summed E-state index contributed by atoms with van der Waals surface area (Å²) < 4.78 is 0. The van der Waals surface area contributed by atoms with Crippen molar-refractivity contribution in [2.75, 3.05) is 0 Å². The molecule has 22 heavy (non-hydrogen) atoms. The number of nitrogens with zero attached hydrogens (tertiary/aromatic N) is 2. The van der Waals surface area contributed by atoms with Gasteiger partial charge in [-0.1, -0.05) is 54.8 Å². The zero-order valence-electron chi connectivity index (χ0n) is 13.1. The van der Waals surface area contributed by atoms with E-state index in [-0.39, 0.29) is 5.41 Å². The third-order valence-corrected chi connectivity index (χ3v) is 3.58. The van der Waals surface area contributed by atoms with E-state index in [1.807, 2.05) is 20.8 Å². The van der Waals surface area contributed by atoms with Crippen LogP contribution >= 0.6 is 11.6 Å². The molecule has 5 nitrogen and oxygen atoms in total. The molecule has 1 heterocycles. The lowest BCUT2D eigenvalue weighted by molar-refractivity contribution is -0.167. The summed E-state index contributed by atoms with van der Waals surface area (Å²) >= 11 is 5.87. The summed E-state index contributed by atoms with van der Waals surface area (Å²) in [5.41, 5.74) is 0.284. The fourth-order valence-corrected chi connectivity index (χ4v) is 2.07. The summed E-state index contributed by atoms with van der Waals surface area (Å²) in [5, 5.41) is 8.29. The van der Waals surface area contributed by atoms with Crippen molar-refractivity contribution in [1.82, 2.24) is 0 Å². The van der Waals surface area contributed by atoms with Crippen LogP contribution < -0.4 is 0 Å². The first-order valence-electron chi connectivity index (χ1n) is 6.97. The minimum absolute atomic E-state index is 0.151. The Kier molecular flexibility index (Phi) is 4.56. The molecule has 1 aliphatic rings. The molecule has 1 aliphatic heterocycles. The molecule has 0 aromatic heterocycles. The molecule has 1 aromatic carbocycles. The third-order valence-electron chi connectivity index (χ3n) is 3.35. The van der Waals surface area contributed by atoms with Gasteiger partial charge in [0.1, 0.15) is 0 Å². The number of benzene rings is 1. The highest BCUT2D eigenvalue weighted by atomic mass is 35.5. The first-order valence-corrected chi connectivity index (χ1v) is 7.34. The molecule has 0 N–H and O–H groups in total. The largest absolute Gasteiger partial charge is 0.381 e. The Balaban J connectivity index is 1.96. The van der Waals surface area contributed by atoms with Crippen molar-refractivity contribution in [2.24, 2.45) is 15.7 Å². The Hall–Kier alpha value is -1.88. The Morgan fingerprint density at radius 3 is 2.82 bits per heavy atom. The molecular formula is C16H19ClN2O3. The van der Waals surface area contributed by atoms with E-state index in [1.165, 1.54) is 6.21 Å². The number of rotatable bonds is 3. The second kappa shape index (κ2) is 6.08. The number of oxime groups is 2. The van der Waals surface area contributed by atoms with Gasteiger partial charge in [-0.3, -0.25) is 0 Å². The van der Waals surface area contributed by atoms with Crippen LogP contribution in [-0.2, 0) is 14.5 Å². The fraction of sp³-hybridized carbons (Fsp3) is 0.438. The van der Waals surface area contributed by atoms with Gasteiger partial charge in [-0.25, -0.2) is 4.79 Å². The van der Waals surface area contributed by atoms with Crippen LogP contribution in [0.15, 0.2) is 34.6 Å². The molecule has 6 heteroatoms. The van der Waals surface area contributed by atoms with Gasteiger partial charge in [0.2, 0.25) is 5.60 Å². The van der Waals surface area contributed by atoms with E-state index in [4.69, 9.17) is 21.3 Å². The van der Waals surface area contributed by atoms with Crippen molar-refractivity contribution in [3.05, 3.63) is 34.9 Å². The van der Waals surface area contributed by atoms with E-state index in [0.29, 0.717) is 11.4 Å². The van der Waals surface area contributed by atoms with Crippen LogP contribution in [0.1, 0.15) is 39.7 Å². The molecule has 1 atom stereocenters. The van der Waals surface area contributed by atoms with E-state index >= 15 is 0 Å². The zero-order chi connectivity index (χ0) is 16.4. The number of hydrogen-bond donors (Lipinski definition) is 0. The summed E-state index contributed by atoms with van der Waals surface area (Å²) in [4.78, 5) is 22.3. The molecule has 1 unspecified atom stereocenters. The molecule has 118 valence electrons. The molecule has 0 bridgehead atoms. The van der Waals surface area contributed by atoms with Crippen LogP contribution in [0.2, 0.25) is 5.02 Å². The highest BCUT2D eigenvalue weighted by molar-refractivity contribution is 6.30. The maximum absolute atomic E-state index is 12.1. The van der Waals surface area contributed by atoms with Crippen LogP contribution in [0.4, 0.5) is 0 Å². The number of carbonyl (C=O) groups is 1. The van der Waals surface area contributed by atoms with Gasteiger partial charge in [-0.05, 0) is 24.6 Å².